The van der Waals surface area contributed by atoms with Gasteiger partial charge in [0.25, 0.3) is 11.8 Å². The van der Waals surface area contributed by atoms with Gasteiger partial charge >= 0.3 is 0 Å². The molecule has 0 saturated carbocycles. The van der Waals surface area contributed by atoms with Gasteiger partial charge in [-0.3, -0.25) is 19.4 Å². The molecule has 1 saturated heterocycles. The summed E-state index contributed by atoms with van der Waals surface area (Å²) in [6.45, 7) is 7.21. The number of fused-ring (bicyclic) bond motifs is 1. The Morgan fingerprint density at radius 2 is 1.29 bits per heavy atom. The molecule has 0 aliphatic carbocycles. The van der Waals surface area contributed by atoms with E-state index in [2.05, 4.69) is 9.80 Å². The van der Waals surface area contributed by atoms with Crippen molar-refractivity contribution in [3.05, 3.63) is 64.7 Å². The first-order chi connectivity index (χ1) is 15.1. The molecule has 2 amide bonds. The van der Waals surface area contributed by atoms with Gasteiger partial charge in [-0.05, 0) is 55.8 Å². The van der Waals surface area contributed by atoms with Gasteiger partial charge in [-0.25, -0.2) is 0 Å². The van der Waals surface area contributed by atoms with Crippen molar-refractivity contribution in [3.63, 3.8) is 0 Å². The maximum Gasteiger partial charge on any atom is 0.261 e. The van der Waals surface area contributed by atoms with Crippen LogP contribution in [-0.2, 0) is 0 Å². The Bertz CT molecular complexity index is 876. The molecule has 0 bridgehead atoms. The molecule has 7 heteroatoms. The van der Waals surface area contributed by atoms with Crippen molar-refractivity contribution in [1.82, 2.24) is 14.7 Å². The molecule has 0 atom stereocenters. The van der Waals surface area contributed by atoms with Gasteiger partial charge in [0.15, 0.2) is 0 Å². The van der Waals surface area contributed by atoms with Crippen LogP contribution in [0.1, 0.15) is 33.6 Å². The third kappa shape index (κ3) is 5.45. The van der Waals surface area contributed by atoms with E-state index in [-0.39, 0.29) is 11.8 Å². The lowest BCUT2D eigenvalue weighted by atomic mass is 10.1. The number of piperazine rings is 1. The molecule has 2 aliphatic rings. The Balaban J connectivity index is 1.10. The summed E-state index contributed by atoms with van der Waals surface area (Å²) < 4.78 is 5.79. The summed E-state index contributed by atoms with van der Waals surface area (Å²) >= 11 is 5.89. The van der Waals surface area contributed by atoms with Gasteiger partial charge in [-0.2, -0.15) is 0 Å². The molecule has 2 heterocycles. The highest BCUT2D eigenvalue weighted by Crippen LogP contribution is 2.22. The zero-order valence-corrected chi connectivity index (χ0v) is 18.4. The molecule has 164 valence electrons. The second-order valence-electron chi connectivity index (χ2n) is 8.00. The predicted molar refractivity (Wildman–Crippen MR) is 121 cm³/mol. The van der Waals surface area contributed by atoms with Gasteiger partial charge in [0.2, 0.25) is 0 Å². The molecule has 0 spiro atoms. The van der Waals surface area contributed by atoms with Gasteiger partial charge in [0, 0.05) is 44.3 Å². The molecule has 2 aromatic carbocycles. The van der Waals surface area contributed by atoms with E-state index < -0.39 is 0 Å². The zero-order valence-electron chi connectivity index (χ0n) is 17.6. The van der Waals surface area contributed by atoms with Crippen LogP contribution in [0.2, 0.25) is 5.02 Å². The fraction of sp³-hybridized carbons (Fsp3) is 0.417. The SMILES string of the molecule is O=C1c2ccccc2C(=O)N1CCCCN1CCN(CCOc2ccc(Cl)cc2)CC1. The first-order valence-electron chi connectivity index (χ1n) is 10.9. The fourth-order valence-corrected chi connectivity index (χ4v) is 4.23. The number of hydrogen-bond acceptors (Lipinski definition) is 5. The van der Waals surface area contributed by atoms with E-state index in [9.17, 15) is 9.59 Å². The second kappa shape index (κ2) is 10.3. The predicted octanol–water partition coefficient (Wildman–Crippen LogP) is 3.41. The Kier molecular flexibility index (Phi) is 7.22. The van der Waals surface area contributed by atoms with Crippen LogP contribution in [0.5, 0.6) is 5.75 Å². The summed E-state index contributed by atoms with van der Waals surface area (Å²) in [6, 6.07) is 14.5. The van der Waals surface area contributed by atoms with Crippen molar-refractivity contribution in [2.45, 2.75) is 12.8 Å². The topological polar surface area (TPSA) is 53.1 Å². The molecular formula is C24H28ClN3O3. The van der Waals surface area contributed by atoms with Crippen molar-refractivity contribution >= 4 is 23.4 Å². The van der Waals surface area contributed by atoms with Crippen LogP contribution in [0.25, 0.3) is 0 Å². The number of ether oxygens (including phenoxy) is 1. The summed E-state index contributed by atoms with van der Waals surface area (Å²) in [6.07, 6.45) is 1.81. The highest BCUT2D eigenvalue weighted by molar-refractivity contribution is 6.30. The normalized spacial score (nSPS) is 17.3. The number of amides is 2. The van der Waals surface area contributed by atoms with Gasteiger partial charge in [-0.1, -0.05) is 23.7 Å². The zero-order chi connectivity index (χ0) is 21.6. The lowest BCUT2D eigenvalue weighted by molar-refractivity contribution is 0.0648. The highest BCUT2D eigenvalue weighted by Gasteiger charge is 2.34. The molecule has 31 heavy (non-hydrogen) atoms. The Morgan fingerprint density at radius 3 is 1.90 bits per heavy atom. The minimum absolute atomic E-state index is 0.157. The summed E-state index contributed by atoms with van der Waals surface area (Å²) in [5.41, 5.74) is 1.06. The summed E-state index contributed by atoms with van der Waals surface area (Å²) in [5, 5.41) is 0.715. The number of hydrogen-bond donors (Lipinski definition) is 0. The maximum atomic E-state index is 12.4. The summed E-state index contributed by atoms with van der Waals surface area (Å²) in [4.78, 5) is 31.1. The van der Waals surface area contributed by atoms with E-state index in [0.717, 1.165) is 57.9 Å². The Morgan fingerprint density at radius 1 is 0.742 bits per heavy atom. The first-order valence-corrected chi connectivity index (χ1v) is 11.3. The average Bonchev–Trinajstić information content (AvgIpc) is 3.04. The van der Waals surface area contributed by atoms with Gasteiger partial charge in [0.05, 0.1) is 11.1 Å². The number of halogens is 1. The standard InChI is InChI=1S/C24H28ClN3O3/c25-19-7-9-20(10-8-19)31-18-17-27-15-13-26(14-16-27)11-3-4-12-28-23(29)21-5-1-2-6-22(21)24(28)30/h1-2,5-10H,3-4,11-18H2. The fourth-order valence-electron chi connectivity index (χ4n) is 4.11. The van der Waals surface area contributed by atoms with Crippen molar-refractivity contribution in [2.75, 3.05) is 52.4 Å². The van der Waals surface area contributed by atoms with Gasteiger partial charge in [0.1, 0.15) is 12.4 Å². The van der Waals surface area contributed by atoms with Crippen LogP contribution in [0.15, 0.2) is 48.5 Å². The number of benzene rings is 2. The van der Waals surface area contributed by atoms with Crippen molar-refractivity contribution in [2.24, 2.45) is 0 Å². The Labute approximate surface area is 188 Å². The Hall–Kier alpha value is -2.41. The molecule has 0 radical (unpaired) electrons. The van der Waals surface area contributed by atoms with Gasteiger partial charge < -0.3 is 9.64 Å². The second-order valence-corrected chi connectivity index (χ2v) is 8.44. The molecule has 2 aliphatic heterocycles. The lowest BCUT2D eigenvalue weighted by Crippen LogP contribution is -2.47. The third-order valence-corrected chi connectivity index (χ3v) is 6.19. The number of carbonyl (C=O) groups is 2. The largest absolute Gasteiger partial charge is 0.492 e. The smallest absolute Gasteiger partial charge is 0.261 e. The summed E-state index contributed by atoms with van der Waals surface area (Å²) in [7, 11) is 0. The van der Waals surface area contributed by atoms with Crippen LogP contribution < -0.4 is 4.74 Å². The van der Waals surface area contributed by atoms with Crippen LogP contribution in [0.4, 0.5) is 0 Å². The van der Waals surface area contributed by atoms with Crippen molar-refractivity contribution in [3.8, 4) is 5.75 Å². The van der Waals surface area contributed by atoms with E-state index in [0.29, 0.717) is 29.3 Å². The minimum atomic E-state index is -0.157. The number of rotatable bonds is 9. The third-order valence-electron chi connectivity index (χ3n) is 5.94. The van der Waals surface area contributed by atoms with Crippen molar-refractivity contribution < 1.29 is 14.3 Å². The number of carbonyl (C=O) groups excluding carboxylic acids is 2. The summed E-state index contributed by atoms with van der Waals surface area (Å²) in [5.74, 6) is 0.533. The monoisotopic (exact) mass is 441 g/mol. The molecular weight excluding hydrogens is 414 g/mol. The lowest BCUT2D eigenvalue weighted by Gasteiger charge is -2.34. The molecule has 0 N–H and O–H groups in total. The van der Waals surface area contributed by atoms with E-state index in [1.54, 1.807) is 24.3 Å². The molecule has 2 aromatic rings. The van der Waals surface area contributed by atoms with E-state index in [1.165, 1.54) is 4.90 Å². The average molecular weight is 442 g/mol. The minimum Gasteiger partial charge on any atom is -0.492 e. The number of imide groups is 1. The van der Waals surface area contributed by atoms with E-state index in [4.69, 9.17) is 16.3 Å². The van der Waals surface area contributed by atoms with Crippen LogP contribution in [0, 0.1) is 0 Å². The van der Waals surface area contributed by atoms with Crippen LogP contribution >= 0.6 is 11.6 Å². The van der Waals surface area contributed by atoms with Crippen LogP contribution in [0.3, 0.4) is 0 Å². The van der Waals surface area contributed by atoms with Crippen LogP contribution in [-0.4, -0.2) is 78.9 Å². The first kappa shape index (κ1) is 21.8. The molecule has 6 nitrogen and oxygen atoms in total. The molecule has 1 fully saturated rings. The molecule has 0 unspecified atom stereocenters. The quantitative estimate of drug-likeness (QED) is 0.441. The number of unbranched alkanes of at least 4 members (excludes halogenated alkanes) is 1. The maximum absolute atomic E-state index is 12.4. The van der Waals surface area contributed by atoms with E-state index >= 15 is 0 Å². The highest BCUT2D eigenvalue weighted by atomic mass is 35.5. The van der Waals surface area contributed by atoms with Crippen molar-refractivity contribution in [1.29, 1.82) is 0 Å². The molecule has 4 rings (SSSR count). The van der Waals surface area contributed by atoms with E-state index in [1.807, 2.05) is 24.3 Å². The number of nitrogens with zero attached hydrogens (tertiary/aromatic N) is 3. The van der Waals surface area contributed by atoms with Gasteiger partial charge in [-0.15, -0.1) is 0 Å². The molecule has 0 aromatic heterocycles.